The summed E-state index contributed by atoms with van der Waals surface area (Å²) in [5.41, 5.74) is 6.66. The number of hydrogen-bond acceptors (Lipinski definition) is 5. The topological polar surface area (TPSA) is 75.3 Å². The fourth-order valence-electron chi connectivity index (χ4n) is 2.16. The molecular weight excluding hydrogens is 204 g/mol. The summed E-state index contributed by atoms with van der Waals surface area (Å²) in [6.07, 6.45) is 3.17. The van der Waals surface area contributed by atoms with E-state index in [9.17, 15) is 5.11 Å². The van der Waals surface area contributed by atoms with Crippen LogP contribution in [-0.2, 0) is 0 Å². The third-order valence-electron chi connectivity index (χ3n) is 3.20. The Hall–Kier alpha value is -1.36. The molecule has 88 valence electrons. The monoisotopic (exact) mass is 222 g/mol. The van der Waals surface area contributed by atoms with Gasteiger partial charge in [-0.15, -0.1) is 0 Å². The largest absolute Gasteiger partial charge is 0.393 e. The predicted octanol–water partition coefficient (Wildman–Crippen LogP) is 0.574. The molecule has 1 aliphatic carbocycles. The Balaban J connectivity index is 2.03. The highest BCUT2D eigenvalue weighted by Crippen LogP contribution is 2.29. The van der Waals surface area contributed by atoms with E-state index in [-0.39, 0.29) is 6.10 Å². The summed E-state index contributed by atoms with van der Waals surface area (Å²) in [4.78, 5) is 10.3. The highest BCUT2D eigenvalue weighted by Gasteiger charge is 2.28. The summed E-state index contributed by atoms with van der Waals surface area (Å²) in [5.74, 6) is 1.98. The molecule has 3 N–H and O–H groups in total. The summed E-state index contributed by atoms with van der Waals surface area (Å²) in [5, 5.41) is 9.24. The van der Waals surface area contributed by atoms with Gasteiger partial charge in [-0.25, -0.2) is 9.97 Å². The molecule has 1 aromatic rings. The van der Waals surface area contributed by atoms with E-state index in [0.29, 0.717) is 11.7 Å². The first-order chi connectivity index (χ1) is 7.58. The molecule has 0 aliphatic heterocycles. The van der Waals surface area contributed by atoms with Crippen LogP contribution in [0.3, 0.4) is 0 Å². The summed E-state index contributed by atoms with van der Waals surface area (Å²) >= 11 is 0. The third kappa shape index (κ3) is 2.09. The van der Waals surface area contributed by atoms with Crippen LogP contribution in [0, 0.1) is 12.8 Å². The molecule has 2 rings (SSSR count). The van der Waals surface area contributed by atoms with Crippen molar-refractivity contribution in [1.29, 1.82) is 0 Å². The second kappa shape index (κ2) is 4.25. The van der Waals surface area contributed by atoms with Crippen LogP contribution in [0.1, 0.15) is 18.4 Å². The molecule has 0 amide bonds. The van der Waals surface area contributed by atoms with Gasteiger partial charge in [0.1, 0.15) is 18.0 Å². The van der Waals surface area contributed by atoms with Crippen molar-refractivity contribution in [3.63, 3.8) is 0 Å². The van der Waals surface area contributed by atoms with Gasteiger partial charge in [-0.1, -0.05) is 0 Å². The van der Waals surface area contributed by atoms with Gasteiger partial charge in [0.2, 0.25) is 0 Å². The van der Waals surface area contributed by atoms with E-state index in [1.807, 2.05) is 14.0 Å². The van der Waals surface area contributed by atoms with Gasteiger partial charge in [-0.2, -0.15) is 0 Å². The van der Waals surface area contributed by atoms with Crippen LogP contribution in [0.4, 0.5) is 11.6 Å². The maximum Gasteiger partial charge on any atom is 0.136 e. The maximum atomic E-state index is 9.24. The number of hydrogen-bond donors (Lipinski definition) is 2. The molecule has 1 aliphatic rings. The van der Waals surface area contributed by atoms with Gasteiger partial charge in [0.05, 0.1) is 6.10 Å². The van der Waals surface area contributed by atoms with Gasteiger partial charge >= 0.3 is 0 Å². The highest BCUT2D eigenvalue weighted by molar-refractivity contribution is 5.55. The molecule has 0 unspecified atom stereocenters. The molecule has 1 aromatic heterocycles. The molecular formula is C11H18N4O. The first-order valence-corrected chi connectivity index (χ1v) is 5.54. The molecule has 1 saturated carbocycles. The lowest BCUT2D eigenvalue weighted by molar-refractivity contribution is 0.0464. The van der Waals surface area contributed by atoms with Gasteiger partial charge in [0.25, 0.3) is 0 Å². The van der Waals surface area contributed by atoms with E-state index in [1.165, 1.54) is 6.33 Å². The normalized spacial score (nSPS) is 23.9. The number of rotatable bonds is 3. The molecule has 1 heterocycles. The molecule has 0 aromatic carbocycles. The predicted molar refractivity (Wildman–Crippen MR) is 63.2 cm³/mol. The van der Waals surface area contributed by atoms with Gasteiger partial charge in [0, 0.05) is 19.2 Å². The van der Waals surface area contributed by atoms with Crippen molar-refractivity contribution >= 4 is 11.6 Å². The van der Waals surface area contributed by atoms with E-state index >= 15 is 0 Å². The van der Waals surface area contributed by atoms with E-state index < -0.39 is 0 Å². The SMILES string of the molecule is Cc1c(N)ncnc1N(C)CC1CC(O)C1. The lowest BCUT2D eigenvalue weighted by Crippen LogP contribution is -2.37. The van der Waals surface area contributed by atoms with Crippen molar-refractivity contribution in [2.24, 2.45) is 5.92 Å². The molecule has 0 bridgehead atoms. The second-order valence-electron chi connectivity index (χ2n) is 4.58. The molecule has 1 fully saturated rings. The summed E-state index contributed by atoms with van der Waals surface area (Å²) < 4.78 is 0. The summed E-state index contributed by atoms with van der Waals surface area (Å²) in [6, 6.07) is 0. The van der Waals surface area contributed by atoms with Gasteiger partial charge in [-0.05, 0) is 25.7 Å². The van der Waals surface area contributed by atoms with Crippen LogP contribution in [0.2, 0.25) is 0 Å². The first kappa shape index (κ1) is 11.1. The lowest BCUT2D eigenvalue weighted by atomic mass is 9.82. The minimum absolute atomic E-state index is 0.102. The van der Waals surface area contributed by atoms with E-state index in [4.69, 9.17) is 5.73 Å². The van der Waals surface area contributed by atoms with Crippen LogP contribution in [0.5, 0.6) is 0 Å². The molecule has 5 nitrogen and oxygen atoms in total. The number of nitrogen functional groups attached to an aromatic ring is 1. The molecule has 5 heteroatoms. The summed E-state index contributed by atoms with van der Waals surface area (Å²) in [7, 11) is 2.00. The van der Waals surface area contributed by atoms with E-state index in [1.54, 1.807) is 0 Å². The van der Waals surface area contributed by atoms with E-state index in [0.717, 1.165) is 30.8 Å². The number of anilines is 2. The first-order valence-electron chi connectivity index (χ1n) is 5.54. The zero-order chi connectivity index (χ0) is 11.7. The van der Waals surface area contributed by atoms with Crippen molar-refractivity contribution in [3.05, 3.63) is 11.9 Å². The quantitative estimate of drug-likeness (QED) is 0.782. The highest BCUT2D eigenvalue weighted by atomic mass is 16.3. The molecule has 0 saturated heterocycles. The number of aromatic nitrogens is 2. The molecule has 0 radical (unpaired) electrons. The Labute approximate surface area is 95.3 Å². The smallest absolute Gasteiger partial charge is 0.136 e. The van der Waals surface area contributed by atoms with Crippen molar-refractivity contribution in [2.45, 2.75) is 25.9 Å². The van der Waals surface area contributed by atoms with Gasteiger partial charge in [0.15, 0.2) is 0 Å². The fraction of sp³-hybridized carbons (Fsp3) is 0.636. The van der Waals surface area contributed by atoms with E-state index in [2.05, 4.69) is 14.9 Å². The van der Waals surface area contributed by atoms with Crippen LogP contribution in [0.25, 0.3) is 0 Å². The van der Waals surface area contributed by atoms with Crippen LogP contribution >= 0.6 is 0 Å². The zero-order valence-electron chi connectivity index (χ0n) is 9.72. The average molecular weight is 222 g/mol. The minimum atomic E-state index is -0.102. The average Bonchev–Trinajstić information content (AvgIpc) is 2.19. The van der Waals surface area contributed by atoms with Crippen molar-refractivity contribution in [3.8, 4) is 0 Å². The van der Waals surface area contributed by atoms with Crippen molar-refractivity contribution < 1.29 is 5.11 Å². The number of nitrogens with zero attached hydrogens (tertiary/aromatic N) is 3. The zero-order valence-corrected chi connectivity index (χ0v) is 9.72. The molecule has 0 atom stereocenters. The molecule has 0 spiro atoms. The third-order valence-corrected chi connectivity index (χ3v) is 3.20. The van der Waals surface area contributed by atoms with Gasteiger partial charge < -0.3 is 15.7 Å². The second-order valence-corrected chi connectivity index (χ2v) is 4.58. The Morgan fingerprint density at radius 2 is 2.19 bits per heavy atom. The molecule has 16 heavy (non-hydrogen) atoms. The lowest BCUT2D eigenvalue weighted by Gasteiger charge is -2.35. The number of aliphatic hydroxyl groups excluding tert-OH is 1. The standard InChI is InChI=1S/C11H18N4O/c1-7-10(12)13-6-14-11(7)15(2)5-8-3-9(16)4-8/h6,8-9,16H,3-5H2,1-2H3,(H2,12,13,14). The van der Waals surface area contributed by atoms with Crippen LogP contribution in [-0.4, -0.2) is 34.8 Å². The van der Waals surface area contributed by atoms with Crippen molar-refractivity contribution in [2.75, 3.05) is 24.2 Å². The Bertz CT molecular complexity index is 376. The Morgan fingerprint density at radius 1 is 1.50 bits per heavy atom. The van der Waals surface area contributed by atoms with Gasteiger partial charge in [-0.3, -0.25) is 0 Å². The number of aliphatic hydroxyl groups is 1. The van der Waals surface area contributed by atoms with Crippen LogP contribution in [0.15, 0.2) is 6.33 Å². The summed E-state index contributed by atoms with van der Waals surface area (Å²) in [6.45, 7) is 2.84. The van der Waals surface area contributed by atoms with Crippen molar-refractivity contribution in [1.82, 2.24) is 9.97 Å². The minimum Gasteiger partial charge on any atom is -0.393 e. The van der Waals surface area contributed by atoms with Crippen LogP contribution < -0.4 is 10.6 Å². The fourth-order valence-corrected chi connectivity index (χ4v) is 2.16. The Morgan fingerprint density at radius 3 is 2.81 bits per heavy atom. The number of nitrogens with two attached hydrogens (primary N) is 1. The Kier molecular flexibility index (Phi) is 2.96. The maximum absolute atomic E-state index is 9.24.